The number of rotatable bonds is 7. The average molecular weight is 465 g/mol. The molecule has 0 saturated carbocycles. The van der Waals surface area contributed by atoms with Gasteiger partial charge in [-0.3, -0.25) is 4.79 Å². The van der Waals surface area contributed by atoms with Gasteiger partial charge >= 0.3 is 5.97 Å². The maximum Gasteiger partial charge on any atom is 0.349 e. The number of hydrogen-bond acceptors (Lipinski definition) is 6. The Morgan fingerprint density at radius 1 is 1.24 bits per heavy atom. The largest absolute Gasteiger partial charge is 0.497 e. The molecule has 33 heavy (non-hydrogen) atoms. The van der Waals surface area contributed by atoms with E-state index >= 15 is 0 Å². The molecule has 0 fully saturated rings. The fraction of sp³-hybridized carbons (Fsp3) is 0.167. The molecule has 2 aromatic heterocycles. The predicted octanol–water partition coefficient (Wildman–Crippen LogP) is 4.24. The summed E-state index contributed by atoms with van der Waals surface area (Å²) < 4.78 is 12.2. The first-order chi connectivity index (χ1) is 15.8. The van der Waals surface area contributed by atoms with E-state index in [-0.39, 0.29) is 10.7 Å². The van der Waals surface area contributed by atoms with E-state index in [2.05, 4.69) is 10.3 Å². The molecule has 1 aromatic carbocycles. The third kappa shape index (κ3) is 5.59. The molecule has 0 spiro atoms. The summed E-state index contributed by atoms with van der Waals surface area (Å²) >= 11 is 5.89. The highest BCUT2D eigenvalue weighted by molar-refractivity contribution is 6.32. The van der Waals surface area contributed by atoms with Crippen LogP contribution in [0.25, 0.3) is 11.8 Å². The van der Waals surface area contributed by atoms with Gasteiger partial charge in [0.05, 0.1) is 12.8 Å². The van der Waals surface area contributed by atoms with Crippen molar-refractivity contribution >= 4 is 35.2 Å². The number of anilines is 1. The zero-order valence-corrected chi connectivity index (χ0v) is 19.0. The lowest BCUT2D eigenvalue weighted by atomic mass is 10.1. The van der Waals surface area contributed by atoms with Gasteiger partial charge in [-0.05, 0) is 68.0 Å². The fourth-order valence-electron chi connectivity index (χ4n) is 3.23. The van der Waals surface area contributed by atoms with Crippen LogP contribution in [0.2, 0.25) is 5.15 Å². The van der Waals surface area contributed by atoms with Gasteiger partial charge in [0.15, 0.2) is 11.8 Å². The van der Waals surface area contributed by atoms with E-state index in [0.717, 1.165) is 22.8 Å². The van der Waals surface area contributed by atoms with Crippen LogP contribution < -0.4 is 10.1 Å². The van der Waals surface area contributed by atoms with Crippen LogP contribution >= 0.6 is 11.6 Å². The fourth-order valence-corrected chi connectivity index (χ4v) is 3.40. The number of aryl methyl sites for hydroxylation is 1. The number of esters is 1. The number of hydrogen-bond donors (Lipinski definition) is 1. The number of nitrogens with one attached hydrogen (secondary N) is 1. The third-order valence-electron chi connectivity index (χ3n) is 4.81. The van der Waals surface area contributed by atoms with E-state index in [1.807, 2.05) is 54.8 Å². The Labute approximate surface area is 196 Å². The first-order valence-corrected chi connectivity index (χ1v) is 10.2. The number of aromatic nitrogens is 2. The molecule has 0 radical (unpaired) electrons. The minimum atomic E-state index is -0.904. The van der Waals surface area contributed by atoms with Crippen molar-refractivity contribution in [1.82, 2.24) is 9.55 Å². The molecule has 0 aliphatic rings. The molecule has 2 heterocycles. The van der Waals surface area contributed by atoms with Crippen molar-refractivity contribution in [1.29, 1.82) is 5.26 Å². The summed E-state index contributed by atoms with van der Waals surface area (Å²) in [6.45, 7) is 3.23. The van der Waals surface area contributed by atoms with Crippen LogP contribution in [0.1, 0.15) is 17.0 Å². The molecule has 0 bridgehead atoms. The molecule has 3 rings (SSSR count). The van der Waals surface area contributed by atoms with Crippen LogP contribution in [0.4, 0.5) is 5.69 Å². The number of halogens is 1. The highest BCUT2D eigenvalue weighted by Gasteiger charge is 2.16. The molecule has 9 heteroatoms. The normalized spacial score (nSPS) is 10.9. The Kier molecular flexibility index (Phi) is 7.49. The number of carbonyl (C=O) groups is 2. The summed E-state index contributed by atoms with van der Waals surface area (Å²) in [4.78, 5) is 28.3. The van der Waals surface area contributed by atoms with Gasteiger partial charge in [0, 0.05) is 23.3 Å². The molecule has 0 atom stereocenters. The van der Waals surface area contributed by atoms with E-state index in [1.54, 1.807) is 19.2 Å². The number of benzene rings is 1. The molecule has 0 unspecified atom stereocenters. The van der Waals surface area contributed by atoms with Crippen LogP contribution in [-0.4, -0.2) is 35.1 Å². The van der Waals surface area contributed by atoms with Crippen LogP contribution in [0.15, 0.2) is 54.2 Å². The van der Waals surface area contributed by atoms with E-state index in [4.69, 9.17) is 21.1 Å². The molecule has 0 aliphatic heterocycles. The van der Waals surface area contributed by atoms with Crippen LogP contribution in [0.5, 0.6) is 5.75 Å². The summed E-state index contributed by atoms with van der Waals surface area (Å²) in [5, 5.41) is 12.1. The minimum absolute atomic E-state index is 0.113. The Balaban J connectivity index is 1.73. The standard InChI is InChI=1S/C24H21ClN4O4/c1-15-11-17(16(2)29(15)19-6-8-20(32-3)9-7-19)12-18(13-26)24(31)33-14-22(30)28-21-5-4-10-27-23(21)25/h4-12H,14H2,1-3H3,(H,28,30). The van der Waals surface area contributed by atoms with E-state index in [1.165, 1.54) is 12.3 Å². The molecule has 0 aliphatic carbocycles. The summed E-state index contributed by atoms with van der Waals surface area (Å²) in [7, 11) is 1.60. The highest BCUT2D eigenvalue weighted by atomic mass is 35.5. The van der Waals surface area contributed by atoms with Crippen LogP contribution in [0.3, 0.4) is 0 Å². The summed E-state index contributed by atoms with van der Waals surface area (Å²) in [6.07, 6.45) is 2.92. The quantitative estimate of drug-likeness (QED) is 0.242. The monoisotopic (exact) mass is 464 g/mol. The van der Waals surface area contributed by atoms with Crippen molar-refractivity contribution in [2.24, 2.45) is 0 Å². The Morgan fingerprint density at radius 3 is 2.61 bits per heavy atom. The number of nitrogens with zero attached hydrogens (tertiary/aromatic N) is 3. The minimum Gasteiger partial charge on any atom is -0.497 e. The van der Waals surface area contributed by atoms with Crippen molar-refractivity contribution in [2.75, 3.05) is 19.0 Å². The molecular formula is C24H21ClN4O4. The average Bonchev–Trinajstić information content (AvgIpc) is 3.10. The van der Waals surface area contributed by atoms with Crippen molar-refractivity contribution in [3.8, 4) is 17.5 Å². The number of carbonyl (C=O) groups excluding carboxylic acids is 2. The van der Waals surface area contributed by atoms with Gasteiger partial charge in [0.2, 0.25) is 0 Å². The van der Waals surface area contributed by atoms with Crippen molar-refractivity contribution in [3.63, 3.8) is 0 Å². The van der Waals surface area contributed by atoms with Crippen LogP contribution in [0, 0.1) is 25.2 Å². The molecule has 1 N–H and O–H groups in total. The van der Waals surface area contributed by atoms with Gasteiger partial charge in [-0.25, -0.2) is 9.78 Å². The molecule has 0 saturated heterocycles. The summed E-state index contributed by atoms with van der Waals surface area (Å²) in [5.74, 6) is -0.766. The molecule has 1 amide bonds. The first kappa shape index (κ1) is 23.6. The van der Waals surface area contributed by atoms with Gasteiger partial charge in [0.25, 0.3) is 5.91 Å². The maximum absolute atomic E-state index is 12.4. The highest BCUT2D eigenvalue weighted by Crippen LogP contribution is 2.24. The van der Waals surface area contributed by atoms with Gasteiger partial charge in [-0.15, -0.1) is 0 Å². The zero-order valence-electron chi connectivity index (χ0n) is 18.3. The number of methoxy groups -OCH3 is 1. The Bertz CT molecular complexity index is 1260. The Morgan fingerprint density at radius 2 is 1.97 bits per heavy atom. The van der Waals surface area contributed by atoms with E-state index in [0.29, 0.717) is 11.3 Å². The smallest absolute Gasteiger partial charge is 0.349 e. The van der Waals surface area contributed by atoms with Gasteiger partial charge in [0.1, 0.15) is 17.4 Å². The summed E-state index contributed by atoms with van der Waals surface area (Å²) in [5.41, 5.74) is 3.42. The van der Waals surface area contributed by atoms with Gasteiger partial charge < -0.3 is 19.4 Å². The molecule has 3 aromatic rings. The topological polar surface area (TPSA) is 106 Å². The van der Waals surface area contributed by atoms with Crippen LogP contribution in [-0.2, 0) is 14.3 Å². The second-order valence-corrected chi connectivity index (χ2v) is 7.35. The zero-order chi connectivity index (χ0) is 24.0. The van der Waals surface area contributed by atoms with Crippen molar-refractivity contribution in [2.45, 2.75) is 13.8 Å². The van der Waals surface area contributed by atoms with Crippen molar-refractivity contribution < 1.29 is 19.1 Å². The molecule has 168 valence electrons. The summed E-state index contributed by atoms with van der Waals surface area (Å²) in [6, 6.07) is 14.4. The number of pyridine rings is 1. The molecule has 8 nitrogen and oxygen atoms in total. The lowest BCUT2D eigenvalue weighted by molar-refractivity contribution is -0.142. The van der Waals surface area contributed by atoms with Gasteiger partial charge in [-0.2, -0.15) is 5.26 Å². The maximum atomic E-state index is 12.4. The lowest BCUT2D eigenvalue weighted by Gasteiger charge is -2.10. The van der Waals surface area contributed by atoms with Crippen molar-refractivity contribution in [3.05, 3.63) is 76.3 Å². The number of nitriles is 1. The predicted molar refractivity (Wildman–Crippen MR) is 124 cm³/mol. The number of ether oxygens (including phenoxy) is 2. The SMILES string of the molecule is COc1ccc(-n2c(C)cc(C=C(C#N)C(=O)OCC(=O)Nc3cccnc3Cl)c2C)cc1. The number of amides is 1. The second-order valence-electron chi connectivity index (χ2n) is 7.00. The van der Waals surface area contributed by atoms with E-state index in [9.17, 15) is 14.9 Å². The van der Waals surface area contributed by atoms with Gasteiger partial charge in [-0.1, -0.05) is 11.6 Å². The molecular weight excluding hydrogens is 444 g/mol. The first-order valence-electron chi connectivity index (χ1n) is 9.86. The third-order valence-corrected chi connectivity index (χ3v) is 5.11. The Hall–Kier alpha value is -4.09. The van der Waals surface area contributed by atoms with E-state index < -0.39 is 18.5 Å². The second kappa shape index (κ2) is 10.5. The lowest BCUT2D eigenvalue weighted by Crippen LogP contribution is -2.21.